The number of benzene rings is 1. The van der Waals surface area contributed by atoms with Crippen LogP contribution in [-0.2, 0) is 4.79 Å². The fraction of sp³-hybridized carbons (Fsp3) is 0.500. The largest absolute Gasteiger partial charge is 0.342 e. The van der Waals surface area contributed by atoms with E-state index < -0.39 is 0 Å². The molecule has 2 aliphatic rings. The van der Waals surface area contributed by atoms with Crippen LogP contribution in [0, 0.1) is 11.8 Å². The molecule has 6 heteroatoms. The van der Waals surface area contributed by atoms with Gasteiger partial charge in [-0.3, -0.25) is 9.59 Å². The van der Waals surface area contributed by atoms with E-state index in [1.54, 1.807) is 0 Å². The number of fused-ring (bicyclic) bond motifs is 2. The molecule has 1 aliphatic carbocycles. The summed E-state index contributed by atoms with van der Waals surface area (Å²) in [7, 11) is 0. The topological polar surface area (TPSA) is 49.4 Å². The Morgan fingerprint density at radius 3 is 2.73 bits per heavy atom. The Morgan fingerprint density at radius 2 is 1.92 bits per heavy atom. The Bertz CT molecular complexity index is 834. The maximum absolute atomic E-state index is 12.5. The van der Waals surface area contributed by atoms with Crippen LogP contribution in [0.3, 0.4) is 0 Å². The Morgan fingerprint density at radius 1 is 1.15 bits per heavy atom. The second-order valence-electron chi connectivity index (χ2n) is 7.36. The minimum Gasteiger partial charge on any atom is -0.342 e. The van der Waals surface area contributed by atoms with Gasteiger partial charge >= 0.3 is 0 Å². The van der Waals surface area contributed by atoms with Gasteiger partial charge in [0.25, 0.3) is 5.91 Å². The number of amides is 2. The zero-order valence-corrected chi connectivity index (χ0v) is 16.2. The number of halogens is 1. The summed E-state index contributed by atoms with van der Waals surface area (Å²) in [6.45, 7) is 1.71. The second kappa shape index (κ2) is 7.57. The minimum atomic E-state index is -0.267. The van der Waals surface area contributed by atoms with Crippen molar-refractivity contribution in [1.29, 1.82) is 0 Å². The van der Waals surface area contributed by atoms with Gasteiger partial charge in [0.1, 0.15) is 4.88 Å². The molecule has 0 radical (unpaired) electrons. The third-order valence-electron chi connectivity index (χ3n) is 5.79. The lowest BCUT2D eigenvalue weighted by Gasteiger charge is -2.41. The van der Waals surface area contributed by atoms with E-state index >= 15 is 0 Å². The molecule has 2 atom stereocenters. The van der Waals surface area contributed by atoms with Gasteiger partial charge in [-0.1, -0.05) is 49.1 Å². The van der Waals surface area contributed by atoms with Crippen LogP contribution in [0.4, 0.5) is 0 Å². The monoisotopic (exact) mass is 390 g/mol. The zero-order valence-electron chi connectivity index (χ0n) is 14.7. The molecule has 1 N–H and O–H groups in total. The van der Waals surface area contributed by atoms with Crippen molar-refractivity contribution in [2.75, 3.05) is 19.6 Å². The van der Waals surface area contributed by atoms with Crippen molar-refractivity contribution >= 4 is 44.8 Å². The average Bonchev–Trinajstić information content (AvgIpc) is 3.02. The number of hydrogen-bond acceptors (Lipinski definition) is 3. The summed E-state index contributed by atoms with van der Waals surface area (Å²) < 4.78 is 0.980. The molecule has 2 fully saturated rings. The number of carbonyl (C=O) groups excluding carboxylic acids is 2. The number of likely N-dealkylation sites (tertiary alicyclic amines) is 1. The first-order valence-electron chi connectivity index (χ1n) is 9.36. The Balaban J connectivity index is 1.36. The molecular formula is C20H23ClN2O2S. The molecule has 138 valence electrons. The normalized spacial score (nSPS) is 22.9. The SMILES string of the molecule is O=C(NCC(=O)N1CC[C@@H]2CCCC[C@@H]2C1)c1sc2ccccc2c1Cl. The third-order valence-corrected chi connectivity index (χ3v) is 7.46. The van der Waals surface area contributed by atoms with Crippen molar-refractivity contribution in [3.63, 3.8) is 0 Å². The lowest BCUT2D eigenvalue weighted by molar-refractivity contribution is -0.133. The molecule has 1 saturated heterocycles. The minimum absolute atomic E-state index is 0.0135. The van der Waals surface area contributed by atoms with Crippen molar-refractivity contribution in [2.45, 2.75) is 32.1 Å². The van der Waals surface area contributed by atoms with Crippen LogP contribution < -0.4 is 5.32 Å². The van der Waals surface area contributed by atoms with Crippen molar-refractivity contribution < 1.29 is 9.59 Å². The van der Waals surface area contributed by atoms with E-state index in [0.717, 1.165) is 35.5 Å². The van der Waals surface area contributed by atoms with E-state index in [1.807, 2.05) is 29.2 Å². The van der Waals surface area contributed by atoms with E-state index in [-0.39, 0.29) is 18.4 Å². The summed E-state index contributed by atoms with van der Waals surface area (Å²) in [6.07, 6.45) is 6.27. The van der Waals surface area contributed by atoms with E-state index in [1.165, 1.54) is 37.0 Å². The molecule has 4 rings (SSSR count). The standard InChI is InChI=1S/C20H23ClN2O2S/c21-18-15-7-3-4-8-16(15)26-19(18)20(25)22-11-17(24)23-10-9-13-5-1-2-6-14(13)12-23/h3-4,7-8,13-14H,1-2,5-6,9-12H2,(H,22,25)/t13-,14+/m0/s1. The zero-order chi connectivity index (χ0) is 18.1. The van der Waals surface area contributed by atoms with Crippen molar-refractivity contribution in [3.05, 3.63) is 34.2 Å². The Hall–Kier alpha value is -1.59. The number of nitrogens with zero attached hydrogens (tertiary/aromatic N) is 1. The van der Waals surface area contributed by atoms with E-state index in [2.05, 4.69) is 5.32 Å². The molecule has 2 heterocycles. The number of thiophene rings is 1. The van der Waals surface area contributed by atoms with Crippen molar-refractivity contribution in [2.24, 2.45) is 11.8 Å². The van der Waals surface area contributed by atoms with Crippen LogP contribution in [-0.4, -0.2) is 36.3 Å². The van der Waals surface area contributed by atoms with Crippen LogP contribution in [0.2, 0.25) is 5.02 Å². The van der Waals surface area contributed by atoms with Crippen molar-refractivity contribution in [1.82, 2.24) is 10.2 Å². The molecule has 2 aromatic rings. The first-order valence-corrected chi connectivity index (χ1v) is 10.6. The predicted octanol–water partition coefficient (Wildman–Crippen LogP) is 4.32. The highest BCUT2D eigenvalue weighted by Crippen LogP contribution is 2.36. The summed E-state index contributed by atoms with van der Waals surface area (Å²) in [5.74, 6) is 1.19. The third kappa shape index (κ3) is 3.47. The number of nitrogens with one attached hydrogen (secondary N) is 1. The smallest absolute Gasteiger partial charge is 0.263 e. The molecule has 4 nitrogen and oxygen atoms in total. The predicted molar refractivity (Wildman–Crippen MR) is 106 cm³/mol. The first-order chi connectivity index (χ1) is 12.6. The molecule has 0 spiro atoms. The van der Waals surface area contributed by atoms with Gasteiger partial charge in [-0.05, 0) is 30.7 Å². The summed E-state index contributed by atoms with van der Waals surface area (Å²) in [5.41, 5.74) is 0. The number of carbonyl (C=O) groups is 2. The maximum Gasteiger partial charge on any atom is 0.263 e. The quantitative estimate of drug-likeness (QED) is 0.848. The summed E-state index contributed by atoms with van der Waals surface area (Å²) in [5, 5.41) is 4.12. The van der Waals surface area contributed by atoms with E-state index in [9.17, 15) is 9.59 Å². The van der Waals surface area contributed by atoms with Gasteiger partial charge in [-0.25, -0.2) is 0 Å². The molecule has 1 saturated carbocycles. The first kappa shape index (κ1) is 17.8. The van der Waals surface area contributed by atoms with Gasteiger partial charge < -0.3 is 10.2 Å². The van der Waals surface area contributed by atoms with Crippen LogP contribution in [0.1, 0.15) is 41.8 Å². The maximum atomic E-state index is 12.5. The van der Waals surface area contributed by atoms with Crippen LogP contribution in [0.25, 0.3) is 10.1 Å². The molecule has 0 unspecified atom stereocenters. The number of rotatable bonds is 3. The molecule has 0 bridgehead atoms. The van der Waals surface area contributed by atoms with Crippen LogP contribution >= 0.6 is 22.9 Å². The Kier molecular flexibility index (Phi) is 5.18. The van der Waals surface area contributed by atoms with Gasteiger partial charge in [0.05, 0.1) is 11.6 Å². The summed E-state index contributed by atoms with van der Waals surface area (Å²) >= 11 is 7.71. The second-order valence-corrected chi connectivity index (χ2v) is 8.79. The van der Waals surface area contributed by atoms with E-state index in [0.29, 0.717) is 15.8 Å². The van der Waals surface area contributed by atoms with Gasteiger partial charge in [0.2, 0.25) is 5.91 Å². The lowest BCUT2D eigenvalue weighted by Crippen LogP contribution is -2.48. The molecule has 26 heavy (non-hydrogen) atoms. The summed E-state index contributed by atoms with van der Waals surface area (Å²) in [6, 6.07) is 7.68. The van der Waals surface area contributed by atoms with Crippen LogP contribution in [0.15, 0.2) is 24.3 Å². The highest BCUT2D eigenvalue weighted by atomic mass is 35.5. The molecular weight excluding hydrogens is 368 g/mol. The van der Waals surface area contributed by atoms with Gasteiger partial charge in [-0.2, -0.15) is 0 Å². The summed E-state index contributed by atoms with van der Waals surface area (Å²) in [4.78, 5) is 27.4. The molecule has 1 aromatic carbocycles. The molecule has 1 aliphatic heterocycles. The number of hydrogen-bond donors (Lipinski definition) is 1. The Labute approximate surface area is 162 Å². The lowest BCUT2D eigenvalue weighted by atomic mass is 9.75. The number of piperidine rings is 1. The van der Waals surface area contributed by atoms with Crippen molar-refractivity contribution in [3.8, 4) is 0 Å². The fourth-order valence-electron chi connectivity index (χ4n) is 4.34. The van der Waals surface area contributed by atoms with E-state index in [4.69, 9.17) is 11.6 Å². The molecule has 1 aromatic heterocycles. The average molecular weight is 391 g/mol. The van der Waals surface area contributed by atoms with Gasteiger partial charge in [0.15, 0.2) is 0 Å². The van der Waals surface area contributed by atoms with Gasteiger partial charge in [-0.15, -0.1) is 11.3 Å². The van der Waals surface area contributed by atoms with Gasteiger partial charge in [0, 0.05) is 23.2 Å². The highest BCUT2D eigenvalue weighted by molar-refractivity contribution is 7.21. The molecule has 2 amide bonds. The highest BCUT2D eigenvalue weighted by Gasteiger charge is 2.32. The fourth-order valence-corrected chi connectivity index (χ4v) is 5.77. The van der Waals surface area contributed by atoms with Crippen LogP contribution in [0.5, 0.6) is 0 Å².